The summed E-state index contributed by atoms with van der Waals surface area (Å²) in [5, 5.41) is 0. The van der Waals surface area contributed by atoms with Gasteiger partial charge in [0.25, 0.3) is 10.0 Å². The first-order valence-corrected chi connectivity index (χ1v) is 10.3. The molecule has 0 unspecified atom stereocenters. The normalized spacial score (nSPS) is 11.2. The Bertz CT molecular complexity index is 1020. The summed E-state index contributed by atoms with van der Waals surface area (Å²) in [6, 6.07) is 19.1. The van der Waals surface area contributed by atoms with Crippen molar-refractivity contribution >= 4 is 31.6 Å². The van der Waals surface area contributed by atoms with Crippen LogP contribution in [-0.4, -0.2) is 15.5 Å². The van der Waals surface area contributed by atoms with Gasteiger partial charge in [-0.15, -0.1) is 0 Å². The van der Waals surface area contributed by atoms with E-state index in [1.807, 2.05) is 0 Å². The fourth-order valence-corrected chi connectivity index (χ4v) is 4.29. The number of sulfonamides is 1. The van der Waals surface area contributed by atoms with Crippen LogP contribution in [0.4, 0.5) is 10.1 Å². The van der Waals surface area contributed by atoms with Gasteiger partial charge in [0, 0.05) is 10.0 Å². The Balaban J connectivity index is 2.07. The van der Waals surface area contributed by atoms with Crippen molar-refractivity contribution < 1.29 is 17.5 Å². The molecule has 0 aliphatic heterocycles. The Labute approximate surface area is 166 Å². The monoisotopic (exact) mass is 449 g/mol. The van der Waals surface area contributed by atoms with Crippen LogP contribution in [0.15, 0.2) is 82.2 Å². The lowest BCUT2D eigenvalue weighted by Gasteiger charge is -2.25. The van der Waals surface area contributed by atoms with Gasteiger partial charge >= 0.3 is 0 Å². The highest BCUT2D eigenvalue weighted by Gasteiger charge is 2.26. The molecule has 3 aromatic rings. The second kappa shape index (κ2) is 8.10. The molecule has 0 spiro atoms. The maximum atomic E-state index is 14.2. The van der Waals surface area contributed by atoms with E-state index >= 15 is 0 Å². The van der Waals surface area contributed by atoms with Crippen molar-refractivity contribution in [2.45, 2.75) is 11.4 Å². The number of hydrogen-bond acceptors (Lipinski definition) is 3. The predicted octanol–water partition coefficient (Wildman–Crippen LogP) is 4.99. The molecular weight excluding hydrogens is 433 g/mol. The zero-order chi connectivity index (χ0) is 19.4. The third-order valence-electron chi connectivity index (χ3n) is 4.03. The fraction of sp³-hybridized carbons (Fsp3) is 0.100. The second-order valence-electron chi connectivity index (χ2n) is 5.76. The number of rotatable bonds is 6. The smallest absolute Gasteiger partial charge is 0.264 e. The Morgan fingerprint density at radius 2 is 1.59 bits per heavy atom. The number of nitrogens with zero attached hydrogens (tertiary/aromatic N) is 1. The van der Waals surface area contributed by atoms with Gasteiger partial charge in [-0.25, -0.2) is 12.8 Å². The van der Waals surface area contributed by atoms with Gasteiger partial charge in [-0.1, -0.05) is 34.1 Å². The molecule has 0 aliphatic carbocycles. The van der Waals surface area contributed by atoms with E-state index < -0.39 is 15.8 Å². The van der Waals surface area contributed by atoms with E-state index in [-0.39, 0.29) is 17.0 Å². The first kappa shape index (κ1) is 19.4. The molecular formula is C20H17BrFNO3S. The fourth-order valence-electron chi connectivity index (χ4n) is 2.58. The zero-order valence-corrected chi connectivity index (χ0v) is 16.9. The van der Waals surface area contributed by atoms with Crippen LogP contribution in [0.2, 0.25) is 0 Å². The number of anilines is 1. The van der Waals surface area contributed by atoms with E-state index in [1.165, 1.54) is 29.6 Å². The number of halogens is 2. The molecule has 0 saturated carbocycles. The highest BCUT2D eigenvalue weighted by atomic mass is 79.9. The SMILES string of the molecule is COc1ccc(S(=O)(=O)N(Cc2ccccc2F)c2ccc(Br)cc2)cc1. The largest absolute Gasteiger partial charge is 0.497 e. The van der Waals surface area contributed by atoms with Crippen LogP contribution in [-0.2, 0) is 16.6 Å². The van der Waals surface area contributed by atoms with E-state index in [0.717, 1.165) is 4.47 Å². The van der Waals surface area contributed by atoms with Crippen LogP contribution in [0.25, 0.3) is 0 Å². The van der Waals surface area contributed by atoms with E-state index in [9.17, 15) is 12.8 Å². The highest BCUT2D eigenvalue weighted by molar-refractivity contribution is 9.10. The minimum absolute atomic E-state index is 0.0996. The van der Waals surface area contributed by atoms with Gasteiger partial charge in [0.2, 0.25) is 0 Å². The Morgan fingerprint density at radius 3 is 2.19 bits per heavy atom. The molecule has 3 aromatic carbocycles. The van der Waals surface area contributed by atoms with Gasteiger partial charge in [-0.2, -0.15) is 0 Å². The molecule has 140 valence electrons. The highest BCUT2D eigenvalue weighted by Crippen LogP contribution is 2.28. The molecule has 27 heavy (non-hydrogen) atoms. The molecule has 0 radical (unpaired) electrons. The van der Waals surface area contributed by atoms with E-state index in [4.69, 9.17) is 4.74 Å². The van der Waals surface area contributed by atoms with Crippen molar-refractivity contribution in [3.63, 3.8) is 0 Å². The molecule has 0 aliphatic rings. The van der Waals surface area contributed by atoms with Crippen LogP contribution in [0.5, 0.6) is 5.75 Å². The molecule has 0 aromatic heterocycles. The van der Waals surface area contributed by atoms with Gasteiger partial charge in [-0.3, -0.25) is 4.31 Å². The van der Waals surface area contributed by atoms with Crippen molar-refractivity contribution in [2.24, 2.45) is 0 Å². The first-order chi connectivity index (χ1) is 12.9. The van der Waals surface area contributed by atoms with E-state index in [2.05, 4.69) is 15.9 Å². The Hall–Kier alpha value is -2.38. The summed E-state index contributed by atoms with van der Waals surface area (Å²) < 4.78 is 47.8. The minimum Gasteiger partial charge on any atom is -0.497 e. The maximum absolute atomic E-state index is 14.2. The van der Waals surface area contributed by atoms with Crippen molar-refractivity contribution in [3.05, 3.63) is 88.6 Å². The number of hydrogen-bond donors (Lipinski definition) is 0. The molecule has 4 nitrogen and oxygen atoms in total. The summed E-state index contributed by atoms with van der Waals surface area (Å²) in [4.78, 5) is 0.0996. The molecule has 0 saturated heterocycles. The lowest BCUT2D eigenvalue weighted by Crippen LogP contribution is -2.31. The molecule has 0 atom stereocenters. The lowest BCUT2D eigenvalue weighted by molar-refractivity contribution is 0.414. The average molecular weight is 450 g/mol. The topological polar surface area (TPSA) is 46.6 Å². The molecule has 0 heterocycles. The van der Waals surface area contributed by atoms with Gasteiger partial charge in [0.1, 0.15) is 11.6 Å². The predicted molar refractivity (Wildman–Crippen MR) is 107 cm³/mol. The number of methoxy groups -OCH3 is 1. The lowest BCUT2D eigenvalue weighted by atomic mass is 10.2. The van der Waals surface area contributed by atoms with E-state index in [0.29, 0.717) is 11.4 Å². The Kier molecular flexibility index (Phi) is 5.82. The third-order valence-corrected chi connectivity index (χ3v) is 6.35. The zero-order valence-electron chi connectivity index (χ0n) is 14.5. The summed E-state index contributed by atoms with van der Waals surface area (Å²) >= 11 is 3.34. The Morgan fingerprint density at radius 1 is 0.963 bits per heavy atom. The standard InChI is InChI=1S/C20H17BrFNO3S/c1-26-18-10-12-19(13-11-18)27(24,25)23(17-8-6-16(21)7-9-17)14-15-4-2-3-5-20(15)22/h2-13H,14H2,1H3. The molecule has 7 heteroatoms. The number of benzene rings is 3. The molecule has 3 rings (SSSR count). The van der Waals surface area contributed by atoms with Gasteiger partial charge < -0.3 is 4.74 Å². The van der Waals surface area contributed by atoms with Crippen molar-refractivity contribution in [1.29, 1.82) is 0 Å². The molecule has 0 amide bonds. The van der Waals surface area contributed by atoms with Crippen molar-refractivity contribution in [2.75, 3.05) is 11.4 Å². The third kappa shape index (κ3) is 4.31. The molecule has 0 fully saturated rings. The second-order valence-corrected chi connectivity index (χ2v) is 8.53. The summed E-state index contributed by atoms with van der Waals surface area (Å²) in [5.74, 6) is 0.0998. The van der Waals surface area contributed by atoms with Crippen LogP contribution in [0.1, 0.15) is 5.56 Å². The van der Waals surface area contributed by atoms with Gasteiger partial charge in [0.05, 0.1) is 24.2 Å². The molecule has 0 N–H and O–H groups in total. The van der Waals surface area contributed by atoms with Crippen LogP contribution < -0.4 is 9.04 Å². The summed E-state index contributed by atoms with van der Waals surface area (Å²) in [7, 11) is -2.40. The minimum atomic E-state index is -3.91. The van der Waals surface area contributed by atoms with Crippen LogP contribution in [0.3, 0.4) is 0 Å². The summed E-state index contributed by atoms with van der Waals surface area (Å²) in [5.41, 5.74) is 0.731. The quantitative estimate of drug-likeness (QED) is 0.532. The molecule has 0 bridgehead atoms. The van der Waals surface area contributed by atoms with Crippen molar-refractivity contribution in [3.8, 4) is 5.75 Å². The summed E-state index contributed by atoms with van der Waals surface area (Å²) in [6.45, 7) is -0.122. The van der Waals surface area contributed by atoms with Gasteiger partial charge in [0.15, 0.2) is 0 Å². The number of ether oxygens (including phenoxy) is 1. The summed E-state index contributed by atoms with van der Waals surface area (Å²) in [6.07, 6.45) is 0. The maximum Gasteiger partial charge on any atom is 0.264 e. The van der Waals surface area contributed by atoms with E-state index in [1.54, 1.807) is 54.6 Å². The van der Waals surface area contributed by atoms with Crippen LogP contribution >= 0.6 is 15.9 Å². The van der Waals surface area contributed by atoms with Crippen LogP contribution in [0, 0.1) is 5.82 Å². The van der Waals surface area contributed by atoms with Crippen molar-refractivity contribution in [1.82, 2.24) is 0 Å². The van der Waals surface area contributed by atoms with Gasteiger partial charge in [-0.05, 0) is 54.6 Å². The average Bonchev–Trinajstić information content (AvgIpc) is 2.68. The first-order valence-electron chi connectivity index (χ1n) is 8.07.